The van der Waals surface area contributed by atoms with Gasteiger partial charge in [0.05, 0.1) is 55.4 Å². The third kappa shape index (κ3) is 5.14. The minimum atomic E-state index is -0.0900. The van der Waals surface area contributed by atoms with Crippen molar-refractivity contribution < 1.29 is 4.74 Å². The second-order valence-electron chi connectivity index (χ2n) is 10.6. The Morgan fingerprint density at radius 2 is 1.79 bits per heavy atom. The normalized spacial score (nSPS) is 21.0. The third-order valence-corrected chi connectivity index (χ3v) is 7.70. The second kappa shape index (κ2) is 10.4. The largest absolute Gasteiger partial charge is 0.373 e. The van der Waals surface area contributed by atoms with Gasteiger partial charge in [-0.2, -0.15) is 5.10 Å². The summed E-state index contributed by atoms with van der Waals surface area (Å²) in [7, 11) is 1.87. The maximum atomic E-state index is 6.05. The number of nitrogens with one attached hydrogen (secondary N) is 1. The molecular weight excluding hydrogens is 498 g/mol. The van der Waals surface area contributed by atoms with Crippen LogP contribution >= 0.6 is 0 Å². The first-order chi connectivity index (χ1) is 19.2. The van der Waals surface area contributed by atoms with Crippen LogP contribution < -0.4 is 15.1 Å². The fraction of sp³-hybridized carbons (Fsp3) is 0.560. The van der Waals surface area contributed by atoms with E-state index >= 15 is 0 Å². The molecule has 3 aliphatic heterocycles. The van der Waals surface area contributed by atoms with E-state index < -0.39 is 0 Å². The zero-order valence-electron chi connectivity index (χ0n) is 22.1. The van der Waals surface area contributed by atoms with Crippen LogP contribution in [0.4, 0.5) is 11.6 Å². The van der Waals surface area contributed by atoms with E-state index in [2.05, 4.69) is 45.4 Å². The number of hydrogen-bond donors (Lipinski definition) is 1. The first kappa shape index (κ1) is 24.3. The highest BCUT2D eigenvalue weighted by Gasteiger charge is 2.30. The number of hydrogen-bond acceptors (Lipinski definition) is 12. The highest BCUT2D eigenvalue weighted by molar-refractivity contribution is 5.69. The molecule has 14 heteroatoms. The molecule has 14 nitrogen and oxygen atoms in total. The summed E-state index contributed by atoms with van der Waals surface area (Å²) < 4.78 is 9.54. The summed E-state index contributed by atoms with van der Waals surface area (Å²) in [6.07, 6.45) is 9.20. The molecule has 7 heterocycles. The number of fused-ring (bicyclic) bond motifs is 1. The van der Waals surface area contributed by atoms with Crippen molar-refractivity contribution in [2.75, 3.05) is 75.3 Å². The summed E-state index contributed by atoms with van der Waals surface area (Å²) >= 11 is 0. The third-order valence-electron chi connectivity index (χ3n) is 7.70. The number of piperazine rings is 1. The van der Waals surface area contributed by atoms with Gasteiger partial charge in [0.15, 0.2) is 5.65 Å². The maximum Gasteiger partial charge on any atom is 0.225 e. The zero-order valence-corrected chi connectivity index (χ0v) is 22.1. The molecule has 0 bridgehead atoms. The Labute approximate surface area is 226 Å². The zero-order chi connectivity index (χ0) is 26.2. The standard InChI is InChI=1S/C25H33N13O/c1-34-15-19(8-30-34)22-11-27-24-23(31-22)32-33-38(24)17-21-16-36(6-7-39-21)25-28-9-20(10-29-25)37-13-18(14-37)12-35-4-2-26-3-5-35/h8-11,15,18,21,26H,2-7,12-14,16-17H2,1H3/t21-/m0/s1. The van der Waals surface area contributed by atoms with Crippen LogP contribution in [0.5, 0.6) is 0 Å². The topological polar surface area (TPSA) is 131 Å². The summed E-state index contributed by atoms with van der Waals surface area (Å²) in [6.45, 7) is 10.4. The molecule has 0 amide bonds. The molecule has 1 atom stereocenters. The molecule has 1 N–H and O–H groups in total. The first-order valence-electron chi connectivity index (χ1n) is 13.6. The average molecular weight is 532 g/mol. The molecule has 7 rings (SSSR count). The lowest BCUT2D eigenvalue weighted by molar-refractivity contribution is 0.0273. The van der Waals surface area contributed by atoms with Gasteiger partial charge in [-0.25, -0.2) is 24.6 Å². The van der Waals surface area contributed by atoms with Crippen molar-refractivity contribution in [3.8, 4) is 11.3 Å². The molecule has 39 heavy (non-hydrogen) atoms. The minimum Gasteiger partial charge on any atom is -0.373 e. The van der Waals surface area contributed by atoms with Crippen LogP contribution in [-0.4, -0.2) is 121 Å². The molecule has 0 radical (unpaired) electrons. The Bertz CT molecular complexity index is 1410. The number of ether oxygens (including phenoxy) is 1. The predicted octanol–water partition coefficient (Wildman–Crippen LogP) is -0.341. The lowest BCUT2D eigenvalue weighted by atomic mass is 9.99. The maximum absolute atomic E-state index is 6.05. The molecule has 0 spiro atoms. The van der Waals surface area contributed by atoms with Crippen molar-refractivity contribution in [2.24, 2.45) is 13.0 Å². The quantitative estimate of drug-likeness (QED) is 0.335. The molecule has 4 aromatic heterocycles. The highest BCUT2D eigenvalue weighted by Crippen LogP contribution is 2.25. The molecule has 4 aromatic rings. The van der Waals surface area contributed by atoms with E-state index in [1.807, 2.05) is 25.6 Å². The fourth-order valence-electron chi connectivity index (χ4n) is 5.58. The Morgan fingerprint density at radius 1 is 0.949 bits per heavy atom. The van der Waals surface area contributed by atoms with Crippen molar-refractivity contribution in [3.05, 3.63) is 31.0 Å². The van der Waals surface area contributed by atoms with Gasteiger partial charge in [0.25, 0.3) is 0 Å². The van der Waals surface area contributed by atoms with Gasteiger partial charge in [0.1, 0.15) is 0 Å². The summed E-state index contributed by atoms with van der Waals surface area (Å²) in [5.41, 5.74) is 3.84. The van der Waals surface area contributed by atoms with Crippen molar-refractivity contribution in [3.63, 3.8) is 0 Å². The molecule has 3 aliphatic rings. The number of rotatable bonds is 7. The van der Waals surface area contributed by atoms with Crippen molar-refractivity contribution in [1.82, 2.24) is 54.9 Å². The number of morpholine rings is 1. The lowest BCUT2D eigenvalue weighted by Crippen LogP contribution is -2.54. The van der Waals surface area contributed by atoms with Gasteiger partial charge in [-0.15, -0.1) is 5.10 Å². The van der Waals surface area contributed by atoms with Gasteiger partial charge >= 0.3 is 0 Å². The van der Waals surface area contributed by atoms with E-state index in [0.717, 1.165) is 74.6 Å². The summed E-state index contributed by atoms with van der Waals surface area (Å²) in [6, 6.07) is 0. The van der Waals surface area contributed by atoms with E-state index in [1.54, 1.807) is 21.8 Å². The van der Waals surface area contributed by atoms with Crippen LogP contribution in [0.2, 0.25) is 0 Å². The number of aromatic nitrogens is 9. The van der Waals surface area contributed by atoms with Crippen LogP contribution in [0.3, 0.4) is 0 Å². The molecule has 3 saturated heterocycles. The Hall–Kier alpha value is -3.75. The average Bonchev–Trinajstić information content (AvgIpc) is 3.57. The van der Waals surface area contributed by atoms with E-state index in [1.165, 1.54) is 6.54 Å². The van der Waals surface area contributed by atoms with Crippen LogP contribution in [0.15, 0.2) is 31.0 Å². The van der Waals surface area contributed by atoms with Crippen LogP contribution in [0.25, 0.3) is 22.6 Å². The Morgan fingerprint density at radius 3 is 2.59 bits per heavy atom. The Kier molecular flexibility index (Phi) is 6.50. The fourth-order valence-corrected chi connectivity index (χ4v) is 5.58. The summed E-state index contributed by atoms with van der Waals surface area (Å²) in [5.74, 6) is 1.46. The monoisotopic (exact) mass is 531 g/mol. The predicted molar refractivity (Wildman–Crippen MR) is 144 cm³/mol. The summed E-state index contributed by atoms with van der Waals surface area (Å²) in [4.78, 5) is 25.7. The molecule has 3 fully saturated rings. The van der Waals surface area contributed by atoms with Crippen LogP contribution in [-0.2, 0) is 18.3 Å². The van der Waals surface area contributed by atoms with Gasteiger partial charge in [-0.1, -0.05) is 5.21 Å². The molecular formula is C25H33N13O. The summed E-state index contributed by atoms with van der Waals surface area (Å²) in [5, 5.41) is 16.2. The number of aryl methyl sites for hydroxylation is 1. The van der Waals surface area contributed by atoms with E-state index in [9.17, 15) is 0 Å². The highest BCUT2D eigenvalue weighted by atomic mass is 16.5. The Balaban J connectivity index is 0.952. The SMILES string of the molecule is Cn1cc(-c2cnc3c(nnn3C[C@@H]3CN(c4ncc(N5CC(CN6CCNCC6)C5)cn4)CCO3)n2)cn1. The van der Waals surface area contributed by atoms with Gasteiger partial charge in [-0.05, 0) is 0 Å². The van der Waals surface area contributed by atoms with E-state index in [0.29, 0.717) is 31.0 Å². The molecule has 0 aliphatic carbocycles. The van der Waals surface area contributed by atoms with Crippen molar-refractivity contribution in [1.29, 1.82) is 0 Å². The van der Waals surface area contributed by atoms with E-state index in [-0.39, 0.29) is 6.10 Å². The smallest absolute Gasteiger partial charge is 0.225 e. The van der Waals surface area contributed by atoms with Crippen LogP contribution in [0.1, 0.15) is 0 Å². The van der Waals surface area contributed by atoms with Gasteiger partial charge in [-0.3, -0.25) is 4.68 Å². The first-order valence-corrected chi connectivity index (χ1v) is 13.6. The molecule has 0 unspecified atom stereocenters. The lowest BCUT2D eigenvalue weighted by Gasteiger charge is -2.43. The number of nitrogens with zero attached hydrogens (tertiary/aromatic N) is 12. The van der Waals surface area contributed by atoms with Gasteiger partial charge in [0, 0.05) is 83.6 Å². The molecule has 0 aromatic carbocycles. The molecule has 0 saturated carbocycles. The van der Waals surface area contributed by atoms with E-state index in [4.69, 9.17) is 14.7 Å². The molecule has 204 valence electrons. The second-order valence-corrected chi connectivity index (χ2v) is 10.6. The van der Waals surface area contributed by atoms with Crippen molar-refractivity contribution in [2.45, 2.75) is 12.6 Å². The number of anilines is 2. The van der Waals surface area contributed by atoms with Gasteiger partial charge in [0.2, 0.25) is 11.6 Å². The van der Waals surface area contributed by atoms with Crippen LogP contribution in [0, 0.1) is 5.92 Å². The van der Waals surface area contributed by atoms with Gasteiger partial charge < -0.3 is 24.8 Å². The minimum absolute atomic E-state index is 0.0900. The van der Waals surface area contributed by atoms with Crippen molar-refractivity contribution >= 4 is 22.9 Å².